The molecule has 0 unspecified atom stereocenters. The Morgan fingerprint density at radius 1 is 1.03 bits per heavy atom. The first-order valence-corrected chi connectivity index (χ1v) is 10.3. The second-order valence-electron chi connectivity index (χ2n) is 7.57. The molecule has 2 heterocycles. The van der Waals surface area contributed by atoms with Crippen molar-refractivity contribution in [1.29, 1.82) is 0 Å². The number of aromatic nitrogens is 4. The number of amides is 2. The summed E-state index contributed by atoms with van der Waals surface area (Å²) in [7, 11) is 1.48. The van der Waals surface area contributed by atoms with Gasteiger partial charge in [-0.15, -0.1) is 0 Å². The van der Waals surface area contributed by atoms with Crippen molar-refractivity contribution in [2.45, 2.75) is 24.8 Å². The molecular formula is C22H24N6O4. The minimum absolute atomic E-state index is 0.0894. The smallest absolute Gasteiger partial charge is 0.368 e. The van der Waals surface area contributed by atoms with Gasteiger partial charge in [-0.25, -0.2) is 4.79 Å². The quantitative estimate of drug-likeness (QED) is 0.591. The summed E-state index contributed by atoms with van der Waals surface area (Å²) in [5.74, 6) is -0.439. The molecule has 32 heavy (non-hydrogen) atoms. The summed E-state index contributed by atoms with van der Waals surface area (Å²) in [6.45, 7) is 0.834. The van der Waals surface area contributed by atoms with Crippen molar-refractivity contribution in [2.75, 3.05) is 25.6 Å². The number of carbonyl (C=O) groups is 2. The van der Waals surface area contributed by atoms with Crippen molar-refractivity contribution in [3.05, 3.63) is 70.6 Å². The predicted molar refractivity (Wildman–Crippen MR) is 116 cm³/mol. The van der Waals surface area contributed by atoms with E-state index >= 15 is 0 Å². The molecule has 1 aliphatic heterocycles. The number of ether oxygens (including phenoxy) is 1. The average molecular weight is 436 g/mol. The van der Waals surface area contributed by atoms with Crippen LogP contribution in [-0.4, -0.2) is 51.9 Å². The van der Waals surface area contributed by atoms with E-state index < -0.39 is 11.1 Å². The largest absolute Gasteiger partial charge is 0.381 e. The van der Waals surface area contributed by atoms with Gasteiger partial charge in [0, 0.05) is 25.9 Å². The number of rotatable bonds is 6. The summed E-state index contributed by atoms with van der Waals surface area (Å²) in [6.07, 6.45) is 1.20. The van der Waals surface area contributed by atoms with Crippen molar-refractivity contribution >= 4 is 17.5 Å². The lowest BCUT2D eigenvalue weighted by Gasteiger charge is -2.36. The van der Waals surface area contributed by atoms with Crippen LogP contribution in [0.15, 0.2) is 59.4 Å². The molecule has 0 spiro atoms. The third-order valence-corrected chi connectivity index (χ3v) is 5.69. The molecule has 0 radical (unpaired) electrons. The number of hydrogen-bond acceptors (Lipinski definition) is 6. The van der Waals surface area contributed by atoms with Gasteiger partial charge in [0.05, 0.1) is 11.1 Å². The highest BCUT2D eigenvalue weighted by Gasteiger charge is 2.41. The Kier molecular flexibility index (Phi) is 6.13. The number of anilines is 1. The zero-order valence-electron chi connectivity index (χ0n) is 17.7. The number of nitrogens with zero attached hydrogens (tertiary/aromatic N) is 4. The van der Waals surface area contributed by atoms with Gasteiger partial charge in [-0.05, 0) is 53.1 Å². The van der Waals surface area contributed by atoms with Gasteiger partial charge in [0.1, 0.15) is 6.54 Å². The van der Waals surface area contributed by atoms with Gasteiger partial charge in [-0.1, -0.05) is 30.3 Å². The first-order chi connectivity index (χ1) is 15.5. The Balaban J connectivity index is 1.53. The van der Waals surface area contributed by atoms with E-state index in [2.05, 4.69) is 21.1 Å². The first kappa shape index (κ1) is 21.4. The molecule has 0 aliphatic carbocycles. The number of hydrogen-bond donors (Lipinski definition) is 2. The van der Waals surface area contributed by atoms with Crippen LogP contribution in [0, 0.1) is 0 Å². The number of likely N-dealkylation sites (N-methyl/N-ethyl adjacent to an activating group) is 1. The molecule has 4 rings (SSSR count). The standard InChI is InChI=1S/C22H24N6O4/c1-23-19(29)15-27-21(31)28(26-25-27)18-9-7-17(8-10-18)24-20(30)22(11-13-32-14-12-22)16-5-3-2-4-6-16/h2-10H,11-15H2,1H3,(H,23,29)(H,24,30). The number of tetrazole rings is 1. The topological polar surface area (TPSA) is 120 Å². The Bertz CT molecular complexity index is 1150. The lowest BCUT2D eigenvalue weighted by molar-refractivity contribution is -0.125. The highest BCUT2D eigenvalue weighted by Crippen LogP contribution is 2.36. The zero-order chi connectivity index (χ0) is 22.6. The molecule has 1 saturated heterocycles. The van der Waals surface area contributed by atoms with Crippen LogP contribution in [0.25, 0.3) is 5.69 Å². The fourth-order valence-corrected chi connectivity index (χ4v) is 3.81. The van der Waals surface area contributed by atoms with E-state index in [4.69, 9.17) is 4.74 Å². The number of benzene rings is 2. The molecule has 10 nitrogen and oxygen atoms in total. The molecule has 1 aliphatic rings. The minimum Gasteiger partial charge on any atom is -0.381 e. The maximum absolute atomic E-state index is 13.3. The van der Waals surface area contributed by atoms with Crippen LogP contribution in [0.2, 0.25) is 0 Å². The van der Waals surface area contributed by atoms with Crippen LogP contribution in [0.4, 0.5) is 5.69 Å². The van der Waals surface area contributed by atoms with Gasteiger partial charge in [0.25, 0.3) is 0 Å². The third kappa shape index (κ3) is 4.17. The number of nitrogens with one attached hydrogen (secondary N) is 2. The van der Waals surface area contributed by atoms with E-state index in [0.717, 1.165) is 14.9 Å². The summed E-state index contributed by atoms with van der Waals surface area (Å²) in [5.41, 5.74) is 0.858. The minimum atomic E-state index is -0.655. The van der Waals surface area contributed by atoms with Crippen LogP contribution in [0.1, 0.15) is 18.4 Å². The summed E-state index contributed by atoms with van der Waals surface area (Å²) in [5, 5.41) is 13.0. The highest BCUT2D eigenvalue weighted by atomic mass is 16.5. The molecule has 0 saturated carbocycles. The van der Waals surface area contributed by atoms with Gasteiger partial charge in [0.15, 0.2) is 0 Å². The lowest BCUT2D eigenvalue weighted by Crippen LogP contribution is -2.44. The Labute approximate surface area is 184 Å². The van der Waals surface area contributed by atoms with Gasteiger partial charge >= 0.3 is 5.69 Å². The van der Waals surface area contributed by atoms with Crippen molar-refractivity contribution < 1.29 is 14.3 Å². The maximum atomic E-state index is 13.3. The fourth-order valence-electron chi connectivity index (χ4n) is 3.81. The zero-order valence-corrected chi connectivity index (χ0v) is 17.7. The Morgan fingerprint density at radius 3 is 2.38 bits per heavy atom. The van der Waals surface area contributed by atoms with Crippen molar-refractivity contribution in [3.8, 4) is 5.69 Å². The lowest BCUT2D eigenvalue weighted by atomic mass is 9.73. The van der Waals surface area contributed by atoms with Gasteiger partial charge in [-0.2, -0.15) is 9.36 Å². The molecule has 0 bridgehead atoms. The van der Waals surface area contributed by atoms with Crippen LogP contribution < -0.4 is 16.3 Å². The molecule has 10 heteroatoms. The molecule has 2 amide bonds. The predicted octanol–water partition coefficient (Wildman–Crippen LogP) is 0.862. The summed E-state index contributed by atoms with van der Waals surface area (Å²) in [6, 6.07) is 16.5. The molecule has 0 atom stereocenters. The van der Waals surface area contributed by atoms with E-state index in [1.165, 1.54) is 7.05 Å². The van der Waals surface area contributed by atoms with Crippen LogP contribution in [0.3, 0.4) is 0 Å². The molecule has 1 fully saturated rings. The highest BCUT2D eigenvalue weighted by molar-refractivity contribution is 5.99. The summed E-state index contributed by atoms with van der Waals surface area (Å²) >= 11 is 0. The molecule has 166 valence electrons. The van der Waals surface area contributed by atoms with Gasteiger partial charge in [0.2, 0.25) is 11.8 Å². The van der Waals surface area contributed by atoms with Crippen LogP contribution >= 0.6 is 0 Å². The van der Waals surface area contributed by atoms with Crippen molar-refractivity contribution in [2.24, 2.45) is 0 Å². The SMILES string of the molecule is CNC(=O)Cn1nnn(-c2ccc(NC(=O)C3(c4ccccc4)CCOCC3)cc2)c1=O. The van der Waals surface area contributed by atoms with Gasteiger partial charge in [-0.3, -0.25) is 9.59 Å². The Morgan fingerprint density at radius 2 is 1.72 bits per heavy atom. The molecular weight excluding hydrogens is 412 g/mol. The second kappa shape index (κ2) is 9.15. The first-order valence-electron chi connectivity index (χ1n) is 10.3. The molecule has 2 N–H and O–H groups in total. The monoisotopic (exact) mass is 436 g/mol. The normalized spacial score (nSPS) is 15.2. The van der Waals surface area contributed by atoms with Gasteiger partial charge < -0.3 is 15.4 Å². The van der Waals surface area contributed by atoms with Crippen molar-refractivity contribution in [3.63, 3.8) is 0 Å². The fraction of sp³-hybridized carbons (Fsp3) is 0.318. The van der Waals surface area contributed by atoms with Crippen LogP contribution in [-0.2, 0) is 26.3 Å². The van der Waals surface area contributed by atoms with E-state index in [9.17, 15) is 14.4 Å². The molecule has 3 aromatic rings. The van der Waals surface area contributed by atoms with E-state index in [1.807, 2.05) is 30.3 Å². The second-order valence-corrected chi connectivity index (χ2v) is 7.57. The third-order valence-electron chi connectivity index (χ3n) is 5.69. The summed E-state index contributed by atoms with van der Waals surface area (Å²) < 4.78 is 7.57. The van der Waals surface area contributed by atoms with E-state index in [-0.39, 0.29) is 18.4 Å². The van der Waals surface area contributed by atoms with E-state index in [0.29, 0.717) is 37.4 Å². The van der Waals surface area contributed by atoms with Crippen LogP contribution in [0.5, 0.6) is 0 Å². The average Bonchev–Trinajstić information content (AvgIpc) is 3.20. The van der Waals surface area contributed by atoms with E-state index in [1.54, 1.807) is 24.3 Å². The number of carbonyl (C=O) groups excluding carboxylic acids is 2. The molecule has 2 aromatic carbocycles. The molecule has 1 aromatic heterocycles. The Hall–Kier alpha value is -3.79. The maximum Gasteiger partial charge on any atom is 0.368 e. The van der Waals surface area contributed by atoms with Crippen molar-refractivity contribution in [1.82, 2.24) is 25.1 Å². The summed E-state index contributed by atoms with van der Waals surface area (Å²) in [4.78, 5) is 37.3.